The number of rotatable bonds is 1. The maximum absolute atomic E-state index is 5.72. The van der Waals surface area contributed by atoms with Crippen LogP contribution in [0.25, 0.3) is 0 Å². The van der Waals surface area contributed by atoms with Gasteiger partial charge >= 0.3 is 0 Å². The molecule has 0 amide bonds. The van der Waals surface area contributed by atoms with Crippen LogP contribution < -0.4 is 0 Å². The average Bonchev–Trinajstić information content (AvgIpc) is 2.45. The molecule has 6 nitrogen and oxygen atoms in total. The summed E-state index contributed by atoms with van der Waals surface area (Å²) >= 11 is 0. The Labute approximate surface area is 109 Å². The molecule has 0 aromatic carbocycles. The molecule has 106 valence electrons. The minimum Gasteiger partial charge on any atom is -0.247 e. The topological polar surface area (TPSA) is 43.4 Å². The van der Waals surface area contributed by atoms with Gasteiger partial charge in [0.15, 0.2) is 0 Å². The lowest BCUT2D eigenvalue weighted by atomic mass is 9.90. The van der Waals surface area contributed by atoms with Crippen LogP contribution in [0.4, 0.5) is 0 Å². The summed E-state index contributed by atoms with van der Waals surface area (Å²) in [6.45, 7) is 15.7. The van der Waals surface area contributed by atoms with Crippen LogP contribution in [-0.2, 0) is 19.4 Å². The Bertz CT molecular complexity index is 286. The highest BCUT2D eigenvalue weighted by Crippen LogP contribution is 2.43. The number of hydrazine groups is 1. The zero-order valence-corrected chi connectivity index (χ0v) is 12.5. The third-order valence-corrected chi connectivity index (χ3v) is 4.26. The van der Waals surface area contributed by atoms with Crippen LogP contribution in [0, 0.1) is 0 Å². The average molecular weight is 260 g/mol. The van der Waals surface area contributed by atoms with Crippen molar-refractivity contribution in [3.63, 3.8) is 0 Å². The first kappa shape index (κ1) is 14.2. The Morgan fingerprint density at radius 3 is 0.778 bits per heavy atom. The van der Waals surface area contributed by atoms with E-state index in [2.05, 4.69) is 0 Å². The lowest BCUT2D eigenvalue weighted by Crippen LogP contribution is -2.41. The minimum atomic E-state index is -0.476. The van der Waals surface area contributed by atoms with E-state index in [1.54, 1.807) is 0 Å². The summed E-state index contributed by atoms with van der Waals surface area (Å²) in [5.41, 5.74) is -1.90. The van der Waals surface area contributed by atoms with Gasteiger partial charge in [-0.15, -0.1) is 0 Å². The fraction of sp³-hybridized carbons (Fsp3) is 1.00. The highest BCUT2D eigenvalue weighted by molar-refractivity contribution is 4.92. The Morgan fingerprint density at radius 2 is 0.611 bits per heavy atom. The summed E-state index contributed by atoms with van der Waals surface area (Å²) in [7, 11) is 0. The molecule has 0 saturated carbocycles. The van der Waals surface area contributed by atoms with E-state index in [-0.39, 0.29) is 0 Å². The van der Waals surface area contributed by atoms with E-state index in [1.165, 1.54) is 10.7 Å². The quantitative estimate of drug-likeness (QED) is 0.721. The molecule has 0 N–H and O–H groups in total. The summed E-state index contributed by atoms with van der Waals surface area (Å²) < 4.78 is 0. The number of hydrogen-bond acceptors (Lipinski definition) is 6. The molecule has 0 bridgehead atoms. The molecule has 2 aliphatic heterocycles. The third kappa shape index (κ3) is 1.97. The van der Waals surface area contributed by atoms with Gasteiger partial charge in [0.25, 0.3) is 0 Å². The lowest BCUT2D eigenvalue weighted by Gasteiger charge is -2.27. The van der Waals surface area contributed by atoms with E-state index in [4.69, 9.17) is 19.4 Å². The van der Waals surface area contributed by atoms with Gasteiger partial charge in [0, 0.05) is 0 Å². The van der Waals surface area contributed by atoms with Crippen LogP contribution in [0.2, 0.25) is 0 Å². The first-order chi connectivity index (χ1) is 7.88. The van der Waals surface area contributed by atoms with Crippen LogP contribution >= 0.6 is 0 Å². The molecule has 0 aromatic rings. The van der Waals surface area contributed by atoms with E-state index < -0.39 is 22.4 Å². The number of hydrogen-bond donors (Lipinski definition) is 0. The highest BCUT2D eigenvalue weighted by Gasteiger charge is 2.58. The second kappa shape index (κ2) is 3.65. The fourth-order valence-corrected chi connectivity index (χ4v) is 1.39. The van der Waals surface area contributed by atoms with Crippen molar-refractivity contribution in [3.8, 4) is 0 Å². The molecule has 0 atom stereocenters. The second-order valence-corrected chi connectivity index (χ2v) is 6.88. The van der Waals surface area contributed by atoms with E-state index in [0.717, 1.165) is 0 Å². The molecule has 0 spiro atoms. The zero-order valence-electron chi connectivity index (χ0n) is 12.5. The molecule has 0 radical (unpaired) electrons. The van der Waals surface area contributed by atoms with Crippen molar-refractivity contribution in [2.24, 2.45) is 0 Å². The Morgan fingerprint density at radius 1 is 0.444 bits per heavy atom. The van der Waals surface area contributed by atoms with Crippen molar-refractivity contribution in [2.45, 2.75) is 77.8 Å². The number of nitrogens with zero attached hydrogens (tertiary/aromatic N) is 2. The molecule has 0 aromatic heterocycles. The van der Waals surface area contributed by atoms with E-state index in [1.807, 2.05) is 55.4 Å². The van der Waals surface area contributed by atoms with E-state index in [9.17, 15) is 0 Å². The molecular formula is C12H24N2O4. The van der Waals surface area contributed by atoms with Gasteiger partial charge in [0.05, 0.1) is 10.7 Å². The normalized spacial score (nSPS) is 34.0. The first-order valence-corrected chi connectivity index (χ1v) is 6.25. The predicted octanol–water partition coefficient (Wildman–Crippen LogP) is 2.37. The summed E-state index contributed by atoms with van der Waals surface area (Å²) in [5.74, 6) is 0. The standard InChI is InChI=1S/C12H24N2O4/c1-9(2)10(3,4)16-13(15-9)14-17-11(5,6)12(7,8)18-14/h1-8H3. The van der Waals surface area contributed by atoms with Gasteiger partial charge in [-0.1, -0.05) is 0 Å². The summed E-state index contributed by atoms with van der Waals surface area (Å²) in [4.78, 5) is 22.9. The fourth-order valence-electron chi connectivity index (χ4n) is 1.39. The van der Waals surface area contributed by atoms with Crippen LogP contribution in [0.15, 0.2) is 0 Å². The monoisotopic (exact) mass is 260 g/mol. The second-order valence-electron chi connectivity index (χ2n) is 6.88. The minimum absolute atomic E-state index is 0.476. The molecule has 18 heavy (non-hydrogen) atoms. The molecule has 0 aliphatic carbocycles. The summed E-state index contributed by atoms with van der Waals surface area (Å²) in [5, 5.41) is 2.35. The van der Waals surface area contributed by atoms with Crippen molar-refractivity contribution in [1.82, 2.24) is 10.7 Å². The summed E-state index contributed by atoms with van der Waals surface area (Å²) in [6.07, 6.45) is 0. The molecule has 2 fully saturated rings. The van der Waals surface area contributed by atoms with Crippen molar-refractivity contribution >= 4 is 0 Å². The maximum Gasteiger partial charge on any atom is 0.119 e. The molecule has 6 heteroatoms. The van der Waals surface area contributed by atoms with Crippen LogP contribution in [0.5, 0.6) is 0 Å². The Kier molecular flexibility index (Phi) is 2.88. The molecule has 2 aliphatic rings. The molecule has 2 heterocycles. The third-order valence-electron chi connectivity index (χ3n) is 4.26. The molecule has 0 unspecified atom stereocenters. The molecular weight excluding hydrogens is 236 g/mol. The van der Waals surface area contributed by atoms with Gasteiger partial charge in [-0.2, -0.15) is 0 Å². The first-order valence-electron chi connectivity index (χ1n) is 6.25. The van der Waals surface area contributed by atoms with E-state index in [0.29, 0.717) is 0 Å². The molecule has 2 saturated heterocycles. The zero-order chi connectivity index (χ0) is 14.0. The van der Waals surface area contributed by atoms with Crippen molar-refractivity contribution in [3.05, 3.63) is 0 Å². The van der Waals surface area contributed by atoms with Gasteiger partial charge in [0.2, 0.25) is 0 Å². The Balaban J connectivity index is 2.14. The SMILES string of the molecule is CC1(C)ON(N2OC(C)(C)C(C)(C)O2)OC1(C)C. The van der Waals surface area contributed by atoms with Gasteiger partial charge in [-0.3, -0.25) is 0 Å². The summed E-state index contributed by atoms with van der Waals surface area (Å²) in [6, 6.07) is 0. The van der Waals surface area contributed by atoms with Crippen molar-refractivity contribution < 1.29 is 19.4 Å². The van der Waals surface area contributed by atoms with Crippen LogP contribution in [-0.4, -0.2) is 33.1 Å². The predicted molar refractivity (Wildman–Crippen MR) is 64.3 cm³/mol. The maximum atomic E-state index is 5.72. The smallest absolute Gasteiger partial charge is 0.119 e. The van der Waals surface area contributed by atoms with Crippen LogP contribution in [0.3, 0.4) is 0 Å². The van der Waals surface area contributed by atoms with Crippen molar-refractivity contribution in [1.29, 1.82) is 0 Å². The van der Waals surface area contributed by atoms with Crippen molar-refractivity contribution in [2.75, 3.05) is 0 Å². The van der Waals surface area contributed by atoms with Gasteiger partial charge in [0.1, 0.15) is 22.4 Å². The molecule has 2 rings (SSSR count). The van der Waals surface area contributed by atoms with Gasteiger partial charge in [-0.25, -0.2) is 19.4 Å². The van der Waals surface area contributed by atoms with E-state index >= 15 is 0 Å². The Hall–Kier alpha value is -0.240. The largest absolute Gasteiger partial charge is 0.247 e. The van der Waals surface area contributed by atoms with Gasteiger partial charge in [-0.05, 0) is 55.4 Å². The van der Waals surface area contributed by atoms with Crippen LogP contribution in [0.1, 0.15) is 55.4 Å². The lowest BCUT2D eigenvalue weighted by molar-refractivity contribution is -0.587. The highest BCUT2D eigenvalue weighted by atomic mass is 17.2. The van der Waals surface area contributed by atoms with Gasteiger partial charge < -0.3 is 0 Å².